The quantitative estimate of drug-likeness (QED) is 0.502. The first kappa shape index (κ1) is 20.3. The number of methoxy groups -OCH3 is 1. The summed E-state index contributed by atoms with van der Waals surface area (Å²) >= 11 is 0. The first-order valence-electron chi connectivity index (χ1n) is 9.71. The number of hydrogen-bond acceptors (Lipinski definition) is 7. The molecule has 1 aliphatic heterocycles. The maximum atomic E-state index is 11.1. The number of rotatable bonds is 4. The van der Waals surface area contributed by atoms with Crippen molar-refractivity contribution < 1.29 is 35.0 Å². The number of hydrogen-bond donors (Lipinski definition) is 5. The van der Waals surface area contributed by atoms with Crippen molar-refractivity contribution in [2.24, 2.45) is 0 Å². The van der Waals surface area contributed by atoms with E-state index in [0.717, 1.165) is 35.3 Å². The summed E-state index contributed by atoms with van der Waals surface area (Å²) < 4.78 is 10.7. The van der Waals surface area contributed by atoms with Gasteiger partial charge >= 0.3 is 0 Å². The summed E-state index contributed by atoms with van der Waals surface area (Å²) in [7, 11) is 1.62. The second-order valence-electron chi connectivity index (χ2n) is 7.74. The molecule has 6 atom stereocenters. The van der Waals surface area contributed by atoms with E-state index in [0.29, 0.717) is 0 Å². The van der Waals surface area contributed by atoms with E-state index in [4.69, 9.17) is 9.47 Å². The lowest BCUT2D eigenvalue weighted by molar-refractivity contribution is -0.357. The van der Waals surface area contributed by atoms with Gasteiger partial charge in [0.05, 0.1) is 13.7 Å². The molecule has 0 aromatic heterocycles. The largest absolute Gasteiger partial charge is 0.497 e. The summed E-state index contributed by atoms with van der Waals surface area (Å²) in [6.07, 6.45) is -4.35. The molecule has 4 rings (SSSR count). The second kappa shape index (κ2) is 7.68. The third-order valence-electron chi connectivity index (χ3n) is 6.12. The van der Waals surface area contributed by atoms with Gasteiger partial charge in [0, 0.05) is 11.5 Å². The molecule has 29 heavy (non-hydrogen) atoms. The Morgan fingerprint density at radius 3 is 2.45 bits per heavy atom. The molecule has 156 valence electrons. The summed E-state index contributed by atoms with van der Waals surface area (Å²) in [5.41, 5.74) is 3.54. The molecule has 0 amide bonds. The summed E-state index contributed by atoms with van der Waals surface area (Å²) in [5.74, 6) is -1.35. The molecule has 0 bridgehead atoms. The highest BCUT2D eigenvalue weighted by Gasteiger charge is 2.53. The van der Waals surface area contributed by atoms with Gasteiger partial charge in [-0.05, 0) is 47.7 Å². The van der Waals surface area contributed by atoms with Gasteiger partial charge in [-0.3, -0.25) is 0 Å². The van der Waals surface area contributed by atoms with Crippen molar-refractivity contribution in [3.63, 3.8) is 0 Å². The van der Waals surface area contributed by atoms with Crippen LogP contribution in [0.4, 0.5) is 0 Å². The first-order valence-corrected chi connectivity index (χ1v) is 9.71. The molecular formula is C22H26O7. The summed E-state index contributed by atoms with van der Waals surface area (Å²) in [5, 5.41) is 51.1. The van der Waals surface area contributed by atoms with E-state index in [1.165, 1.54) is 0 Å². The zero-order valence-electron chi connectivity index (χ0n) is 16.1. The van der Waals surface area contributed by atoms with E-state index in [1.54, 1.807) is 19.2 Å². The molecule has 5 N–H and O–H groups in total. The number of fused-ring (bicyclic) bond motifs is 1. The highest BCUT2D eigenvalue weighted by molar-refractivity contribution is 5.46. The normalized spacial score (nSPS) is 34.1. The summed E-state index contributed by atoms with van der Waals surface area (Å²) in [6, 6.07) is 13.1. The maximum Gasteiger partial charge on any atom is 0.222 e. The number of aliphatic hydroxyl groups excluding tert-OH is 4. The van der Waals surface area contributed by atoms with Crippen molar-refractivity contribution in [2.45, 2.75) is 49.0 Å². The predicted octanol–water partition coefficient (Wildman–Crippen LogP) is 0.392. The maximum absolute atomic E-state index is 11.1. The Bertz CT molecular complexity index is 866. The van der Waals surface area contributed by atoms with Crippen molar-refractivity contribution in [1.82, 2.24) is 0 Å². The molecular weight excluding hydrogens is 376 g/mol. The van der Waals surface area contributed by atoms with Crippen molar-refractivity contribution in [3.8, 4) is 5.75 Å². The number of benzene rings is 2. The minimum absolute atomic E-state index is 0.115. The molecule has 0 unspecified atom stereocenters. The fourth-order valence-corrected chi connectivity index (χ4v) is 4.40. The van der Waals surface area contributed by atoms with Gasteiger partial charge in [0.2, 0.25) is 5.79 Å². The van der Waals surface area contributed by atoms with Crippen LogP contribution in [0.15, 0.2) is 42.5 Å². The lowest BCUT2D eigenvalue weighted by atomic mass is 9.85. The topological polar surface area (TPSA) is 120 Å². The second-order valence-corrected chi connectivity index (χ2v) is 7.74. The van der Waals surface area contributed by atoms with E-state index in [-0.39, 0.29) is 11.5 Å². The van der Waals surface area contributed by atoms with Crippen LogP contribution in [-0.2, 0) is 16.9 Å². The molecule has 7 heteroatoms. The van der Waals surface area contributed by atoms with Gasteiger partial charge in [-0.25, -0.2) is 0 Å². The molecule has 7 nitrogen and oxygen atoms in total. The molecule has 2 aromatic carbocycles. The predicted molar refractivity (Wildman–Crippen MR) is 103 cm³/mol. The number of ether oxygens (including phenoxy) is 2. The van der Waals surface area contributed by atoms with Crippen LogP contribution >= 0.6 is 0 Å². The Labute approximate surface area is 168 Å². The molecule has 0 spiro atoms. The Morgan fingerprint density at radius 2 is 1.79 bits per heavy atom. The van der Waals surface area contributed by atoms with Gasteiger partial charge in [-0.15, -0.1) is 0 Å². The lowest BCUT2D eigenvalue weighted by Gasteiger charge is -2.45. The third kappa shape index (κ3) is 3.34. The smallest absolute Gasteiger partial charge is 0.222 e. The molecule has 1 heterocycles. The van der Waals surface area contributed by atoms with Crippen molar-refractivity contribution >= 4 is 0 Å². The van der Waals surface area contributed by atoms with Crippen LogP contribution in [0.1, 0.15) is 34.6 Å². The van der Waals surface area contributed by atoms with Gasteiger partial charge in [0.15, 0.2) is 0 Å². The van der Waals surface area contributed by atoms with Gasteiger partial charge in [0.1, 0.15) is 30.2 Å². The van der Waals surface area contributed by atoms with Crippen LogP contribution in [0.5, 0.6) is 5.75 Å². The van der Waals surface area contributed by atoms with E-state index < -0.39 is 36.8 Å². The molecule has 1 saturated heterocycles. The lowest BCUT2D eigenvalue weighted by Crippen LogP contribution is -2.63. The third-order valence-corrected chi connectivity index (χ3v) is 6.12. The van der Waals surface area contributed by atoms with E-state index in [1.807, 2.05) is 30.3 Å². The Hall–Kier alpha value is -2.00. The van der Waals surface area contributed by atoms with Crippen LogP contribution in [0.3, 0.4) is 0 Å². The first-order chi connectivity index (χ1) is 13.9. The fraction of sp³-hybridized carbons (Fsp3) is 0.455. The van der Waals surface area contributed by atoms with Crippen LogP contribution in [0.2, 0.25) is 0 Å². The molecule has 0 radical (unpaired) electrons. The number of aliphatic hydroxyl groups is 5. The number of aryl methyl sites for hydroxylation is 1. The zero-order valence-corrected chi connectivity index (χ0v) is 16.1. The van der Waals surface area contributed by atoms with Crippen molar-refractivity contribution in [2.75, 3.05) is 13.7 Å². The molecule has 2 aromatic rings. The van der Waals surface area contributed by atoms with Gasteiger partial charge < -0.3 is 35.0 Å². The Morgan fingerprint density at radius 1 is 1.07 bits per heavy atom. The Balaban J connectivity index is 1.70. The van der Waals surface area contributed by atoms with Crippen molar-refractivity contribution in [1.29, 1.82) is 0 Å². The van der Waals surface area contributed by atoms with Crippen LogP contribution in [0, 0.1) is 0 Å². The van der Waals surface area contributed by atoms with Crippen LogP contribution in [0.25, 0.3) is 0 Å². The van der Waals surface area contributed by atoms with E-state index in [9.17, 15) is 25.5 Å². The SMILES string of the molecule is COc1ccc([C@H]2CCc3ccc([C@@]4(O)O[C@H](CO)[C@@H](O)[C@H](O)[C@H]4O)cc32)cc1. The molecule has 1 fully saturated rings. The average Bonchev–Trinajstić information content (AvgIpc) is 3.18. The van der Waals surface area contributed by atoms with Gasteiger partial charge in [-0.2, -0.15) is 0 Å². The van der Waals surface area contributed by atoms with Gasteiger partial charge in [0.25, 0.3) is 0 Å². The monoisotopic (exact) mass is 402 g/mol. The molecule has 2 aliphatic rings. The fourth-order valence-electron chi connectivity index (χ4n) is 4.40. The summed E-state index contributed by atoms with van der Waals surface area (Å²) in [6.45, 7) is -0.604. The summed E-state index contributed by atoms with van der Waals surface area (Å²) in [4.78, 5) is 0. The zero-order chi connectivity index (χ0) is 20.8. The van der Waals surface area contributed by atoms with Gasteiger partial charge in [-0.1, -0.05) is 24.3 Å². The highest BCUT2D eigenvalue weighted by atomic mass is 16.7. The van der Waals surface area contributed by atoms with Crippen LogP contribution in [-0.4, -0.2) is 63.7 Å². The minimum Gasteiger partial charge on any atom is -0.497 e. The standard InChI is InChI=1S/C22H26O7/c1-28-15-7-3-12(4-8-15)16-9-5-13-2-6-14(10-17(13)16)22(27)21(26)20(25)19(24)18(11-23)29-22/h2-4,6-8,10,16,18-21,23-27H,5,9,11H2,1H3/t16-,18-,19-,20+,21-,22-/m1/s1. The molecule has 1 aliphatic carbocycles. The van der Waals surface area contributed by atoms with E-state index in [2.05, 4.69) is 0 Å². The Kier molecular flexibility index (Phi) is 5.37. The highest BCUT2D eigenvalue weighted by Crippen LogP contribution is 2.43. The average molecular weight is 402 g/mol. The van der Waals surface area contributed by atoms with E-state index >= 15 is 0 Å². The molecule has 0 saturated carbocycles. The van der Waals surface area contributed by atoms with Crippen LogP contribution < -0.4 is 4.74 Å². The van der Waals surface area contributed by atoms with Crippen molar-refractivity contribution in [3.05, 3.63) is 64.7 Å². The minimum atomic E-state index is -2.24.